The fourth-order valence-corrected chi connectivity index (χ4v) is 4.48. The quantitative estimate of drug-likeness (QED) is 0.290. The van der Waals surface area contributed by atoms with E-state index in [1.54, 1.807) is 34.7 Å². The highest BCUT2D eigenvalue weighted by atomic mass is 35.5. The van der Waals surface area contributed by atoms with Crippen molar-refractivity contribution in [3.8, 4) is 0 Å². The Morgan fingerprint density at radius 3 is 2.34 bits per heavy atom. The molecular formula is C25H22ClN3O2S. The Kier molecular flexibility index (Phi) is 6.93. The third-order valence-corrected chi connectivity index (χ3v) is 6.28. The lowest BCUT2D eigenvalue weighted by Crippen LogP contribution is -2.29. The summed E-state index contributed by atoms with van der Waals surface area (Å²) >= 11 is 7.39. The van der Waals surface area contributed by atoms with Crippen LogP contribution in [0.1, 0.15) is 11.1 Å². The molecule has 0 saturated carbocycles. The van der Waals surface area contributed by atoms with Gasteiger partial charge in [-0.25, -0.2) is 4.98 Å². The van der Waals surface area contributed by atoms with E-state index in [4.69, 9.17) is 11.6 Å². The smallest absolute Gasteiger partial charge is 0.262 e. The van der Waals surface area contributed by atoms with Gasteiger partial charge in [0, 0.05) is 18.6 Å². The van der Waals surface area contributed by atoms with Crippen molar-refractivity contribution in [2.24, 2.45) is 0 Å². The molecule has 0 saturated heterocycles. The maximum atomic E-state index is 13.3. The predicted octanol–water partition coefficient (Wildman–Crippen LogP) is 4.85. The molecule has 5 nitrogen and oxygen atoms in total. The Morgan fingerprint density at radius 2 is 1.66 bits per heavy atom. The molecule has 0 radical (unpaired) electrons. The van der Waals surface area contributed by atoms with Gasteiger partial charge in [-0.3, -0.25) is 14.2 Å². The van der Waals surface area contributed by atoms with Gasteiger partial charge in [0.15, 0.2) is 5.16 Å². The van der Waals surface area contributed by atoms with Crippen molar-refractivity contribution in [1.82, 2.24) is 14.5 Å². The van der Waals surface area contributed by atoms with E-state index in [2.05, 4.69) is 4.98 Å². The molecule has 0 unspecified atom stereocenters. The fraction of sp³-hybridized carbons (Fsp3) is 0.160. The van der Waals surface area contributed by atoms with Crippen LogP contribution in [0.25, 0.3) is 10.9 Å². The van der Waals surface area contributed by atoms with Crippen LogP contribution in [-0.4, -0.2) is 33.2 Å². The standard InChI is InChI=1S/C25H22ClN3O2S/c1-28(15-18-8-4-2-5-9-18)23(30)17-32-25-27-22-14-20(26)12-13-21(22)24(31)29(25)16-19-10-6-3-7-11-19/h2-14H,15-17H2,1H3. The second kappa shape index (κ2) is 10.0. The minimum Gasteiger partial charge on any atom is -0.341 e. The van der Waals surface area contributed by atoms with Gasteiger partial charge in [0.2, 0.25) is 5.91 Å². The normalized spacial score (nSPS) is 10.9. The third-order valence-electron chi connectivity index (χ3n) is 5.08. The zero-order valence-electron chi connectivity index (χ0n) is 17.6. The van der Waals surface area contributed by atoms with Gasteiger partial charge < -0.3 is 4.90 Å². The Labute approximate surface area is 195 Å². The number of aromatic nitrogens is 2. The molecule has 3 aromatic carbocycles. The van der Waals surface area contributed by atoms with Gasteiger partial charge in [0.05, 0.1) is 23.2 Å². The Balaban J connectivity index is 1.60. The predicted molar refractivity (Wildman–Crippen MR) is 130 cm³/mol. The van der Waals surface area contributed by atoms with Crippen LogP contribution in [0.5, 0.6) is 0 Å². The van der Waals surface area contributed by atoms with Crippen molar-refractivity contribution in [2.45, 2.75) is 18.2 Å². The highest BCUT2D eigenvalue weighted by Gasteiger charge is 2.16. The molecule has 1 aromatic heterocycles. The lowest BCUT2D eigenvalue weighted by Gasteiger charge is -2.18. The molecule has 0 atom stereocenters. The van der Waals surface area contributed by atoms with Crippen LogP contribution in [-0.2, 0) is 17.9 Å². The number of benzene rings is 3. The highest BCUT2D eigenvalue weighted by Crippen LogP contribution is 2.22. The van der Waals surface area contributed by atoms with E-state index in [0.29, 0.717) is 34.2 Å². The summed E-state index contributed by atoms with van der Waals surface area (Å²) < 4.78 is 1.63. The Hall–Kier alpha value is -3.09. The monoisotopic (exact) mass is 463 g/mol. The van der Waals surface area contributed by atoms with E-state index < -0.39 is 0 Å². The molecule has 32 heavy (non-hydrogen) atoms. The number of rotatable bonds is 7. The number of halogens is 1. The lowest BCUT2D eigenvalue weighted by molar-refractivity contribution is -0.127. The molecule has 0 spiro atoms. The fourth-order valence-electron chi connectivity index (χ4n) is 3.37. The Morgan fingerprint density at radius 1 is 1.00 bits per heavy atom. The molecule has 0 aliphatic heterocycles. The van der Waals surface area contributed by atoms with E-state index in [0.717, 1.165) is 11.1 Å². The second-order valence-electron chi connectivity index (χ2n) is 7.46. The number of carbonyl (C=O) groups is 1. The topological polar surface area (TPSA) is 55.2 Å². The number of fused-ring (bicyclic) bond motifs is 1. The second-order valence-corrected chi connectivity index (χ2v) is 8.84. The van der Waals surface area contributed by atoms with Crippen LogP contribution >= 0.6 is 23.4 Å². The first-order valence-electron chi connectivity index (χ1n) is 10.2. The van der Waals surface area contributed by atoms with Gasteiger partial charge >= 0.3 is 0 Å². The van der Waals surface area contributed by atoms with Crippen LogP contribution in [0.4, 0.5) is 0 Å². The van der Waals surface area contributed by atoms with Crippen LogP contribution in [0.3, 0.4) is 0 Å². The summed E-state index contributed by atoms with van der Waals surface area (Å²) in [5, 5.41) is 1.51. The van der Waals surface area contributed by atoms with Crippen LogP contribution in [0, 0.1) is 0 Å². The van der Waals surface area contributed by atoms with Crippen molar-refractivity contribution in [3.63, 3.8) is 0 Å². The molecule has 1 heterocycles. The molecule has 4 aromatic rings. The minimum absolute atomic E-state index is 0.0365. The number of amides is 1. The average Bonchev–Trinajstić information content (AvgIpc) is 2.80. The molecule has 4 rings (SSSR count). The first-order valence-corrected chi connectivity index (χ1v) is 11.5. The summed E-state index contributed by atoms with van der Waals surface area (Å²) in [5.41, 5.74) is 2.43. The van der Waals surface area contributed by atoms with Gasteiger partial charge in [0.25, 0.3) is 5.56 Å². The first kappa shape index (κ1) is 22.1. The summed E-state index contributed by atoms with van der Waals surface area (Å²) in [5.74, 6) is 0.141. The summed E-state index contributed by atoms with van der Waals surface area (Å²) in [7, 11) is 1.78. The number of hydrogen-bond acceptors (Lipinski definition) is 4. The molecule has 162 valence electrons. The van der Waals surface area contributed by atoms with E-state index in [1.165, 1.54) is 11.8 Å². The van der Waals surface area contributed by atoms with Gasteiger partial charge in [-0.15, -0.1) is 0 Å². The zero-order chi connectivity index (χ0) is 22.5. The first-order chi connectivity index (χ1) is 15.5. The molecule has 0 N–H and O–H groups in total. The number of carbonyl (C=O) groups excluding carboxylic acids is 1. The molecule has 7 heteroatoms. The van der Waals surface area contributed by atoms with Crippen molar-refractivity contribution >= 4 is 40.2 Å². The summed E-state index contributed by atoms with van der Waals surface area (Å²) in [6.07, 6.45) is 0. The maximum Gasteiger partial charge on any atom is 0.262 e. The zero-order valence-corrected chi connectivity index (χ0v) is 19.1. The maximum absolute atomic E-state index is 13.3. The molecule has 0 fully saturated rings. The van der Waals surface area contributed by atoms with Gasteiger partial charge in [-0.1, -0.05) is 84.0 Å². The molecular weight excluding hydrogens is 442 g/mol. The van der Waals surface area contributed by atoms with E-state index >= 15 is 0 Å². The number of thioether (sulfide) groups is 1. The van der Waals surface area contributed by atoms with E-state index in [1.807, 2.05) is 60.7 Å². The van der Waals surface area contributed by atoms with Crippen LogP contribution in [0.2, 0.25) is 5.02 Å². The molecule has 0 aliphatic rings. The third kappa shape index (κ3) is 5.21. The Bertz CT molecular complexity index is 1290. The SMILES string of the molecule is CN(Cc1ccccc1)C(=O)CSc1nc2cc(Cl)ccc2c(=O)n1Cc1ccccc1. The van der Waals surface area contributed by atoms with Gasteiger partial charge in [-0.2, -0.15) is 0 Å². The molecule has 1 amide bonds. The van der Waals surface area contributed by atoms with Crippen LogP contribution in [0.15, 0.2) is 88.8 Å². The largest absolute Gasteiger partial charge is 0.341 e. The molecule has 0 bridgehead atoms. The van der Waals surface area contributed by atoms with Crippen LogP contribution < -0.4 is 5.56 Å². The van der Waals surface area contributed by atoms with E-state index in [9.17, 15) is 9.59 Å². The summed E-state index contributed by atoms with van der Waals surface area (Å²) in [6.45, 7) is 0.902. The highest BCUT2D eigenvalue weighted by molar-refractivity contribution is 7.99. The van der Waals surface area contributed by atoms with Crippen molar-refractivity contribution in [3.05, 3.63) is 105 Å². The number of hydrogen-bond donors (Lipinski definition) is 0. The summed E-state index contributed by atoms with van der Waals surface area (Å²) in [6, 6.07) is 24.6. The van der Waals surface area contributed by atoms with Gasteiger partial charge in [0.1, 0.15) is 0 Å². The summed E-state index contributed by atoms with van der Waals surface area (Å²) in [4.78, 5) is 32.4. The van der Waals surface area contributed by atoms with E-state index in [-0.39, 0.29) is 17.2 Å². The van der Waals surface area contributed by atoms with Gasteiger partial charge in [-0.05, 0) is 29.3 Å². The van der Waals surface area contributed by atoms with Crippen molar-refractivity contribution < 1.29 is 4.79 Å². The average molecular weight is 464 g/mol. The number of nitrogens with zero attached hydrogens (tertiary/aromatic N) is 3. The van der Waals surface area contributed by atoms with Crippen molar-refractivity contribution in [1.29, 1.82) is 0 Å². The molecule has 0 aliphatic carbocycles. The minimum atomic E-state index is -0.150. The van der Waals surface area contributed by atoms with Crippen molar-refractivity contribution in [2.75, 3.05) is 12.8 Å². The lowest BCUT2D eigenvalue weighted by atomic mass is 10.2.